The molecule has 5 nitrogen and oxygen atoms in total. The molecular formula is C15H21NO4S. The molecule has 6 heteroatoms. The molecule has 0 aromatic carbocycles. The molecule has 116 valence electrons. The van der Waals surface area contributed by atoms with Gasteiger partial charge < -0.3 is 14.4 Å². The van der Waals surface area contributed by atoms with Crippen molar-refractivity contribution in [2.24, 2.45) is 0 Å². The highest BCUT2D eigenvalue weighted by molar-refractivity contribution is 7.99. The Morgan fingerprint density at radius 3 is 2.76 bits per heavy atom. The lowest BCUT2D eigenvalue weighted by Crippen LogP contribution is -2.47. The molecule has 1 N–H and O–H groups in total. The van der Waals surface area contributed by atoms with E-state index < -0.39 is 5.97 Å². The van der Waals surface area contributed by atoms with Crippen LogP contribution in [0, 0.1) is 0 Å². The van der Waals surface area contributed by atoms with Gasteiger partial charge in [0.2, 0.25) is 0 Å². The highest BCUT2D eigenvalue weighted by Crippen LogP contribution is 2.24. The summed E-state index contributed by atoms with van der Waals surface area (Å²) in [5.74, 6) is 1.64. The third-order valence-electron chi connectivity index (χ3n) is 3.71. The van der Waals surface area contributed by atoms with Gasteiger partial charge in [-0.25, -0.2) is 0 Å². The Balaban J connectivity index is 2.20. The number of aryl methyl sites for hydroxylation is 2. The van der Waals surface area contributed by atoms with Crippen LogP contribution in [0.3, 0.4) is 0 Å². The number of carbonyl (C=O) groups is 2. The number of hydrogen-bond acceptors (Lipinski definition) is 4. The molecule has 1 aromatic heterocycles. The second kappa shape index (κ2) is 7.02. The lowest BCUT2D eigenvalue weighted by Gasteiger charge is -2.33. The van der Waals surface area contributed by atoms with Gasteiger partial charge in [0.05, 0.1) is 12.5 Å². The summed E-state index contributed by atoms with van der Waals surface area (Å²) in [5, 5.41) is 8.99. The molecule has 0 saturated carbocycles. The Hall–Kier alpha value is -1.43. The number of hydrogen-bond donors (Lipinski definition) is 1. The molecular weight excluding hydrogens is 290 g/mol. The van der Waals surface area contributed by atoms with Crippen molar-refractivity contribution in [3.05, 3.63) is 23.2 Å². The van der Waals surface area contributed by atoms with Crippen LogP contribution in [0.5, 0.6) is 0 Å². The third-order valence-corrected chi connectivity index (χ3v) is 4.80. The summed E-state index contributed by atoms with van der Waals surface area (Å²) in [6, 6.07) is 1.55. The van der Waals surface area contributed by atoms with Gasteiger partial charge in [-0.15, -0.1) is 0 Å². The summed E-state index contributed by atoms with van der Waals surface area (Å²) < 4.78 is 5.68. The zero-order valence-corrected chi connectivity index (χ0v) is 13.2. The predicted molar refractivity (Wildman–Crippen MR) is 81.9 cm³/mol. The van der Waals surface area contributed by atoms with Crippen LogP contribution in [0.4, 0.5) is 0 Å². The number of carboxylic acids is 1. The normalized spacial score (nSPS) is 18.8. The first-order valence-corrected chi connectivity index (χ1v) is 8.44. The molecule has 0 spiro atoms. The van der Waals surface area contributed by atoms with Gasteiger partial charge in [0.15, 0.2) is 5.76 Å². The molecule has 1 aliphatic rings. The van der Waals surface area contributed by atoms with Crippen LogP contribution in [-0.4, -0.2) is 46.0 Å². The van der Waals surface area contributed by atoms with E-state index in [-0.39, 0.29) is 18.4 Å². The van der Waals surface area contributed by atoms with Gasteiger partial charge >= 0.3 is 5.97 Å². The van der Waals surface area contributed by atoms with Crippen molar-refractivity contribution in [3.8, 4) is 0 Å². The van der Waals surface area contributed by atoms with Crippen LogP contribution in [0.25, 0.3) is 0 Å². The fourth-order valence-electron chi connectivity index (χ4n) is 2.60. The summed E-state index contributed by atoms with van der Waals surface area (Å²) in [5.41, 5.74) is 1.06. The molecule has 1 fully saturated rings. The minimum Gasteiger partial charge on any atom is -0.481 e. The molecule has 1 saturated heterocycles. The van der Waals surface area contributed by atoms with Crippen LogP contribution in [0.2, 0.25) is 0 Å². The number of furan rings is 1. The molecule has 1 amide bonds. The van der Waals surface area contributed by atoms with Crippen molar-refractivity contribution in [1.82, 2.24) is 4.90 Å². The van der Waals surface area contributed by atoms with Gasteiger partial charge in [0, 0.05) is 24.5 Å². The first-order valence-electron chi connectivity index (χ1n) is 7.28. The van der Waals surface area contributed by atoms with Crippen LogP contribution < -0.4 is 0 Å². The minimum atomic E-state index is -0.872. The Labute approximate surface area is 128 Å². The molecule has 2 rings (SSSR count). The van der Waals surface area contributed by atoms with Crippen LogP contribution in [0.1, 0.15) is 42.1 Å². The average Bonchev–Trinajstić information content (AvgIpc) is 2.89. The lowest BCUT2D eigenvalue weighted by molar-refractivity contribution is -0.138. The van der Waals surface area contributed by atoms with Gasteiger partial charge in [-0.3, -0.25) is 9.59 Å². The summed E-state index contributed by atoms with van der Waals surface area (Å²) in [6.07, 6.45) is 1.57. The van der Waals surface area contributed by atoms with Gasteiger partial charge in [-0.2, -0.15) is 11.8 Å². The maximum absolute atomic E-state index is 12.6. The highest BCUT2D eigenvalue weighted by atomic mass is 32.2. The van der Waals surface area contributed by atoms with E-state index in [1.165, 1.54) is 0 Å². The van der Waals surface area contributed by atoms with Crippen molar-refractivity contribution in [2.75, 3.05) is 18.1 Å². The SMILES string of the molecule is CCc1cc(C(=O)N2CCSCC2CC(=O)O)oc1CC. The van der Waals surface area contributed by atoms with Crippen molar-refractivity contribution in [2.45, 2.75) is 39.2 Å². The number of amides is 1. The molecule has 1 aliphatic heterocycles. The van der Waals surface area contributed by atoms with E-state index in [4.69, 9.17) is 9.52 Å². The maximum Gasteiger partial charge on any atom is 0.305 e. The summed E-state index contributed by atoms with van der Waals surface area (Å²) in [4.78, 5) is 25.2. The largest absolute Gasteiger partial charge is 0.481 e. The smallest absolute Gasteiger partial charge is 0.305 e. The predicted octanol–water partition coefficient (Wildman–Crippen LogP) is 2.44. The number of carboxylic acid groups (broad SMARTS) is 1. The molecule has 21 heavy (non-hydrogen) atoms. The Morgan fingerprint density at radius 1 is 1.43 bits per heavy atom. The monoisotopic (exact) mass is 311 g/mol. The Morgan fingerprint density at radius 2 is 2.19 bits per heavy atom. The zero-order valence-electron chi connectivity index (χ0n) is 12.4. The van der Waals surface area contributed by atoms with E-state index >= 15 is 0 Å². The van der Waals surface area contributed by atoms with Crippen LogP contribution >= 0.6 is 11.8 Å². The number of carbonyl (C=O) groups excluding carboxylic acids is 1. The molecule has 0 bridgehead atoms. The van der Waals surface area contributed by atoms with Gasteiger partial charge in [-0.1, -0.05) is 13.8 Å². The molecule has 1 atom stereocenters. The van der Waals surface area contributed by atoms with E-state index in [0.29, 0.717) is 18.1 Å². The third kappa shape index (κ3) is 3.61. The van der Waals surface area contributed by atoms with E-state index in [9.17, 15) is 9.59 Å². The number of nitrogens with zero attached hydrogens (tertiary/aromatic N) is 1. The molecule has 2 heterocycles. The van der Waals surface area contributed by atoms with Crippen molar-refractivity contribution in [1.29, 1.82) is 0 Å². The average molecular weight is 311 g/mol. The Bertz CT molecular complexity index is 504. The second-order valence-electron chi connectivity index (χ2n) is 5.09. The first kappa shape index (κ1) is 15.9. The molecule has 1 aromatic rings. The zero-order chi connectivity index (χ0) is 15.4. The van der Waals surface area contributed by atoms with Crippen LogP contribution in [0.15, 0.2) is 10.5 Å². The quantitative estimate of drug-likeness (QED) is 0.904. The lowest BCUT2D eigenvalue weighted by atomic mass is 10.1. The number of rotatable bonds is 5. The minimum absolute atomic E-state index is 0.0132. The molecule has 0 aliphatic carbocycles. The maximum atomic E-state index is 12.6. The van der Waals surface area contributed by atoms with E-state index in [1.807, 2.05) is 13.8 Å². The van der Waals surface area contributed by atoms with Gasteiger partial charge in [0.1, 0.15) is 5.76 Å². The molecule has 0 radical (unpaired) electrons. The van der Waals surface area contributed by atoms with Crippen molar-refractivity contribution in [3.63, 3.8) is 0 Å². The fourth-order valence-corrected chi connectivity index (χ4v) is 3.67. The highest BCUT2D eigenvalue weighted by Gasteiger charge is 2.31. The summed E-state index contributed by atoms with van der Waals surface area (Å²) in [7, 11) is 0. The Kier molecular flexibility index (Phi) is 5.33. The van der Waals surface area contributed by atoms with Gasteiger partial charge in [-0.05, 0) is 18.1 Å². The standard InChI is InChI=1S/C15H21NO4S/c1-3-10-7-13(20-12(10)4-2)15(19)16-5-6-21-9-11(16)8-14(17)18/h7,11H,3-6,8-9H2,1-2H3,(H,17,18). The van der Waals surface area contributed by atoms with Crippen molar-refractivity contribution < 1.29 is 19.1 Å². The topological polar surface area (TPSA) is 70.8 Å². The van der Waals surface area contributed by atoms with Crippen LogP contribution in [-0.2, 0) is 17.6 Å². The number of aliphatic carboxylic acids is 1. The van der Waals surface area contributed by atoms with E-state index in [1.54, 1.807) is 22.7 Å². The fraction of sp³-hybridized carbons (Fsp3) is 0.600. The van der Waals surface area contributed by atoms with E-state index in [2.05, 4.69) is 0 Å². The summed E-state index contributed by atoms with van der Waals surface area (Å²) >= 11 is 1.69. The summed E-state index contributed by atoms with van der Waals surface area (Å²) in [6.45, 7) is 4.60. The van der Waals surface area contributed by atoms with Crippen molar-refractivity contribution >= 4 is 23.6 Å². The number of thioether (sulfide) groups is 1. The van der Waals surface area contributed by atoms with E-state index in [0.717, 1.165) is 29.9 Å². The second-order valence-corrected chi connectivity index (χ2v) is 6.24. The molecule has 1 unspecified atom stereocenters. The first-order chi connectivity index (χ1) is 10.1. The van der Waals surface area contributed by atoms with Gasteiger partial charge in [0.25, 0.3) is 5.91 Å².